The van der Waals surface area contributed by atoms with Gasteiger partial charge in [0.1, 0.15) is 12.4 Å². The number of aryl methyl sites for hydroxylation is 1. The van der Waals surface area contributed by atoms with Crippen molar-refractivity contribution in [3.05, 3.63) is 122 Å². The molecular formula is C29H25ClFN5O2S2. The number of aromatic nitrogens is 4. The normalized spacial score (nSPS) is 11.1. The fraction of sp³-hybridized carbons (Fsp3) is 0.172. The number of halogens is 2. The first-order chi connectivity index (χ1) is 19.3. The van der Waals surface area contributed by atoms with Crippen LogP contribution in [0.5, 0.6) is 0 Å². The number of nitrogens with one attached hydrogen (secondary N) is 1. The number of carbonyl (C=O) groups excluding carboxylic acids is 1. The smallest absolute Gasteiger partial charge is 0.277 e. The van der Waals surface area contributed by atoms with Crippen LogP contribution in [0.4, 0.5) is 4.39 Å². The lowest BCUT2D eigenvalue weighted by Crippen LogP contribution is -2.29. The van der Waals surface area contributed by atoms with Crippen LogP contribution in [-0.4, -0.2) is 25.2 Å². The number of rotatable bonds is 10. The molecular weight excluding hydrogens is 569 g/mol. The predicted octanol–water partition coefficient (Wildman–Crippen LogP) is 5.70. The molecule has 0 atom stereocenters. The first-order valence-electron chi connectivity index (χ1n) is 12.4. The molecule has 7 nitrogen and oxygen atoms in total. The second kappa shape index (κ2) is 12.6. The summed E-state index contributed by atoms with van der Waals surface area (Å²) in [4.78, 5) is 32.3. The summed E-state index contributed by atoms with van der Waals surface area (Å²) in [6, 6.07) is 17.8. The molecule has 0 fully saturated rings. The maximum absolute atomic E-state index is 13.3. The van der Waals surface area contributed by atoms with Crippen LogP contribution in [0.15, 0.2) is 89.2 Å². The van der Waals surface area contributed by atoms with Crippen molar-refractivity contribution in [3.63, 3.8) is 0 Å². The van der Waals surface area contributed by atoms with Gasteiger partial charge < -0.3 is 9.88 Å². The summed E-state index contributed by atoms with van der Waals surface area (Å²) in [5.41, 5.74) is 2.94. The van der Waals surface area contributed by atoms with Gasteiger partial charge in [-0.1, -0.05) is 47.6 Å². The van der Waals surface area contributed by atoms with Crippen LogP contribution in [-0.2, 0) is 37.1 Å². The third kappa shape index (κ3) is 7.26. The van der Waals surface area contributed by atoms with E-state index in [-0.39, 0.29) is 23.8 Å². The van der Waals surface area contributed by atoms with Crippen LogP contribution < -0.4 is 10.9 Å². The van der Waals surface area contributed by atoms with Gasteiger partial charge in [0.15, 0.2) is 5.16 Å². The highest BCUT2D eigenvalue weighted by molar-refractivity contribution is 7.98. The van der Waals surface area contributed by atoms with Crippen molar-refractivity contribution in [1.82, 2.24) is 24.6 Å². The third-order valence-electron chi connectivity index (χ3n) is 6.03. The number of hydrogen-bond donors (Lipinski definition) is 1. The van der Waals surface area contributed by atoms with E-state index in [9.17, 15) is 14.0 Å². The van der Waals surface area contributed by atoms with Gasteiger partial charge in [0.05, 0.1) is 12.7 Å². The van der Waals surface area contributed by atoms with E-state index in [1.165, 1.54) is 23.9 Å². The zero-order valence-electron chi connectivity index (χ0n) is 21.5. The standard InChI is InChI=1S/C29H25ClFN5O2S2/c1-35-15-20(13-33-35)12-22-16-36(29(34-28(22)38)39-18-19-2-8-24(31)9-3-19)17-27(37)32-14-25-10-11-26(40-25)21-4-6-23(30)7-5-21/h2-11,13,15-16H,12,14,17-18H2,1H3,(H,32,37). The van der Waals surface area contributed by atoms with Gasteiger partial charge in [-0.2, -0.15) is 10.1 Å². The fourth-order valence-electron chi connectivity index (χ4n) is 4.02. The largest absolute Gasteiger partial charge is 0.350 e. The number of amides is 1. The molecule has 1 N–H and O–H groups in total. The lowest BCUT2D eigenvalue weighted by atomic mass is 10.1. The number of hydrogen-bond acceptors (Lipinski definition) is 6. The quantitative estimate of drug-likeness (QED) is 0.166. The molecule has 2 aromatic carbocycles. The molecule has 0 spiro atoms. The van der Waals surface area contributed by atoms with Crippen molar-refractivity contribution in [2.75, 3.05) is 0 Å². The molecule has 1 amide bonds. The van der Waals surface area contributed by atoms with E-state index in [0.717, 1.165) is 26.4 Å². The highest BCUT2D eigenvalue weighted by Crippen LogP contribution is 2.29. The minimum Gasteiger partial charge on any atom is -0.350 e. The Morgan fingerprint density at radius 2 is 1.82 bits per heavy atom. The minimum atomic E-state index is -0.351. The maximum atomic E-state index is 13.3. The molecule has 0 aliphatic heterocycles. The molecule has 204 valence electrons. The second-order valence-electron chi connectivity index (χ2n) is 9.15. The Morgan fingerprint density at radius 3 is 2.55 bits per heavy atom. The number of nitrogens with zero attached hydrogens (tertiary/aromatic N) is 4. The van der Waals surface area contributed by atoms with Crippen molar-refractivity contribution in [1.29, 1.82) is 0 Å². The van der Waals surface area contributed by atoms with E-state index in [0.29, 0.717) is 34.5 Å². The highest BCUT2D eigenvalue weighted by atomic mass is 35.5. The van der Waals surface area contributed by atoms with Gasteiger partial charge in [-0.15, -0.1) is 11.3 Å². The molecule has 0 bridgehead atoms. The Balaban J connectivity index is 1.30. The summed E-state index contributed by atoms with van der Waals surface area (Å²) in [5, 5.41) is 8.24. The van der Waals surface area contributed by atoms with Gasteiger partial charge >= 0.3 is 0 Å². The molecule has 5 rings (SSSR count). The topological polar surface area (TPSA) is 81.8 Å². The third-order valence-corrected chi connectivity index (χ3v) is 8.48. The SMILES string of the molecule is Cn1cc(Cc2cn(CC(=O)NCc3ccc(-c4ccc(Cl)cc4)s3)c(SCc3ccc(F)cc3)nc2=O)cn1. The van der Waals surface area contributed by atoms with Crippen molar-refractivity contribution in [3.8, 4) is 10.4 Å². The van der Waals surface area contributed by atoms with E-state index < -0.39 is 0 Å². The van der Waals surface area contributed by atoms with E-state index >= 15 is 0 Å². The van der Waals surface area contributed by atoms with Crippen LogP contribution in [0.1, 0.15) is 21.6 Å². The molecule has 3 heterocycles. The zero-order chi connectivity index (χ0) is 28.1. The molecule has 5 aromatic rings. The van der Waals surface area contributed by atoms with Gasteiger partial charge in [0.25, 0.3) is 5.56 Å². The lowest BCUT2D eigenvalue weighted by molar-refractivity contribution is -0.121. The lowest BCUT2D eigenvalue weighted by Gasteiger charge is -2.14. The molecule has 3 aromatic heterocycles. The average Bonchev–Trinajstić information content (AvgIpc) is 3.58. The summed E-state index contributed by atoms with van der Waals surface area (Å²) < 4.78 is 16.7. The Bertz CT molecular complexity index is 1680. The summed E-state index contributed by atoms with van der Waals surface area (Å²) in [6.07, 6.45) is 5.59. The number of thioether (sulfide) groups is 1. The Morgan fingerprint density at radius 1 is 1.05 bits per heavy atom. The van der Waals surface area contributed by atoms with Crippen LogP contribution in [0.2, 0.25) is 5.02 Å². The second-order valence-corrected chi connectivity index (χ2v) is 11.7. The highest BCUT2D eigenvalue weighted by Gasteiger charge is 2.14. The molecule has 0 saturated carbocycles. The summed E-state index contributed by atoms with van der Waals surface area (Å²) in [5.74, 6) is -0.0482. The van der Waals surface area contributed by atoms with Gasteiger partial charge in [-0.3, -0.25) is 14.3 Å². The Labute approximate surface area is 243 Å². The van der Waals surface area contributed by atoms with Crippen LogP contribution in [0, 0.1) is 5.82 Å². The van der Waals surface area contributed by atoms with E-state index in [1.54, 1.807) is 45.1 Å². The van der Waals surface area contributed by atoms with Crippen molar-refractivity contribution in [2.24, 2.45) is 7.05 Å². The van der Waals surface area contributed by atoms with Crippen molar-refractivity contribution >= 4 is 40.6 Å². The summed E-state index contributed by atoms with van der Waals surface area (Å²) in [6.45, 7) is 0.375. The van der Waals surface area contributed by atoms with Gasteiger partial charge in [0, 0.05) is 52.0 Å². The molecule has 0 aliphatic carbocycles. The molecule has 11 heteroatoms. The van der Waals surface area contributed by atoms with Gasteiger partial charge in [-0.25, -0.2) is 4.39 Å². The molecule has 0 unspecified atom stereocenters. The number of carbonyl (C=O) groups is 1. The predicted molar refractivity (Wildman–Crippen MR) is 157 cm³/mol. The summed E-state index contributed by atoms with van der Waals surface area (Å²) in [7, 11) is 1.81. The first kappa shape index (κ1) is 27.8. The van der Waals surface area contributed by atoms with Crippen LogP contribution in [0.25, 0.3) is 10.4 Å². The maximum Gasteiger partial charge on any atom is 0.277 e. The van der Waals surface area contributed by atoms with Crippen LogP contribution in [0.3, 0.4) is 0 Å². The number of thiophene rings is 1. The molecule has 0 saturated heterocycles. The van der Waals surface area contributed by atoms with Gasteiger partial charge in [-0.05, 0) is 53.1 Å². The van der Waals surface area contributed by atoms with E-state index in [1.807, 2.05) is 49.6 Å². The fourth-order valence-corrected chi connectivity index (χ4v) is 6.02. The van der Waals surface area contributed by atoms with Crippen molar-refractivity contribution < 1.29 is 9.18 Å². The molecule has 0 radical (unpaired) electrons. The molecule has 40 heavy (non-hydrogen) atoms. The molecule has 0 aliphatic rings. The summed E-state index contributed by atoms with van der Waals surface area (Å²) >= 11 is 8.92. The Kier molecular flexibility index (Phi) is 8.78. The Hall–Kier alpha value is -3.73. The van der Waals surface area contributed by atoms with Gasteiger partial charge in [0.2, 0.25) is 5.91 Å². The minimum absolute atomic E-state index is 0.00547. The van der Waals surface area contributed by atoms with E-state index in [4.69, 9.17) is 11.6 Å². The van der Waals surface area contributed by atoms with Crippen LogP contribution >= 0.6 is 34.7 Å². The first-order valence-corrected chi connectivity index (χ1v) is 14.6. The monoisotopic (exact) mass is 593 g/mol. The zero-order valence-corrected chi connectivity index (χ0v) is 23.9. The average molecular weight is 594 g/mol. The van der Waals surface area contributed by atoms with Crippen molar-refractivity contribution in [2.45, 2.75) is 30.4 Å². The van der Waals surface area contributed by atoms with E-state index in [2.05, 4.69) is 15.4 Å². The number of benzene rings is 2.